The molecule has 8 nitrogen and oxygen atoms in total. The van der Waals surface area contributed by atoms with Crippen molar-refractivity contribution in [2.45, 2.75) is 25.9 Å². The number of aromatic nitrogens is 1. The van der Waals surface area contributed by atoms with Gasteiger partial charge in [-0.1, -0.05) is 12.1 Å². The zero-order valence-electron chi connectivity index (χ0n) is 13.7. The summed E-state index contributed by atoms with van der Waals surface area (Å²) in [5, 5.41) is 9.40. The maximum atomic E-state index is 11.6. The predicted octanol–water partition coefficient (Wildman–Crippen LogP) is 1.08. The number of benzene rings is 1. The Labute approximate surface area is 157 Å². The van der Waals surface area contributed by atoms with Gasteiger partial charge < -0.3 is 5.32 Å². The number of amides is 1. The lowest BCUT2D eigenvalue weighted by Crippen LogP contribution is -2.42. The number of pyridine rings is 1. The van der Waals surface area contributed by atoms with Gasteiger partial charge in [0.1, 0.15) is 5.82 Å². The summed E-state index contributed by atoms with van der Waals surface area (Å²) in [5.41, 5.74) is 5.17. The van der Waals surface area contributed by atoms with E-state index in [2.05, 4.69) is 15.1 Å². The molecular weight excluding hydrogens is 378 g/mol. The number of nitrogens with one attached hydrogen (secondary N) is 2. The summed E-state index contributed by atoms with van der Waals surface area (Å²) in [6.45, 7) is 0.917. The Bertz CT molecular complexity index is 980. The quantitative estimate of drug-likeness (QED) is 0.718. The summed E-state index contributed by atoms with van der Waals surface area (Å²) >= 11 is 0. The Kier molecular flexibility index (Phi) is 5.00. The van der Waals surface area contributed by atoms with Gasteiger partial charge >= 0.3 is 0 Å². The fourth-order valence-corrected chi connectivity index (χ4v) is 3.85. The van der Waals surface area contributed by atoms with Crippen LogP contribution in [0.25, 0.3) is 11.1 Å². The Balaban J connectivity index is 0.00000196. The van der Waals surface area contributed by atoms with Crippen LogP contribution in [-0.4, -0.2) is 24.3 Å². The second kappa shape index (κ2) is 6.93. The molecule has 0 aliphatic carbocycles. The Hall–Kier alpha value is -2.04. The van der Waals surface area contributed by atoms with Gasteiger partial charge in [0.25, 0.3) is 10.2 Å². The molecule has 26 heavy (non-hydrogen) atoms. The van der Waals surface area contributed by atoms with Gasteiger partial charge in [-0.25, -0.2) is 15.1 Å². The average Bonchev–Trinajstić information content (AvgIpc) is 2.93. The number of rotatable bonds is 3. The minimum atomic E-state index is -3.78. The molecule has 0 radical (unpaired) electrons. The maximum absolute atomic E-state index is 11.6. The molecule has 0 saturated carbocycles. The van der Waals surface area contributed by atoms with Gasteiger partial charge in [0.05, 0.1) is 0 Å². The van der Waals surface area contributed by atoms with Crippen LogP contribution in [0, 0.1) is 0 Å². The van der Waals surface area contributed by atoms with Gasteiger partial charge in [0, 0.05) is 31.3 Å². The van der Waals surface area contributed by atoms with Gasteiger partial charge in [-0.05, 0) is 40.8 Å². The lowest BCUT2D eigenvalue weighted by atomic mass is 9.94. The minimum absolute atomic E-state index is 0. The van der Waals surface area contributed by atoms with Crippen molar-refractivity contribution in [1.82, 2.24) is 14.8 Å². The minimum Gasteiger partial charge on any atom is -0.310 e. The van der Waals surface area contributed by atoms with Gasteiger partial charge in [0.2, 0.25) is 5.91 Å². The van der Waals surface area contributed by atoms with E-state index in [9.17, 15) is 13.2 Å². The van der Waals surface area contributed by atoms with Crippen molar-refractivity contribution < 1.29 is 13.2 Å². The Morgan fingerprint density at radius 1 is 1.15 bits per heavy atom. The largest absolute Gasteiger partial charge is 0.310 e. The third-order valence-electron chi connectivity index (χ3n) is 4.41. The molecule has 4 rings (SSSR count). The summed E-state index contributed by atoms with van der Waals surface area (Å²) in [6, 6.07) is 7.98. The number of carbonyl (C=O) groups is 1. The van der Waals surface area contributed by atoms with Crippen LogP contribution in [0.15, 0.2) is 30.5 Å². The first kappa shape index (κ1) is 18.7. The van der Waals surface area contributed by atoms with Gasteiger partial charge in [-0.15, -0.1) is 17.2 Å². The van der Waals surface area contributed by atoms with Crippen molar-refractivity contribution in [2.75, 3.05) is 5.32 Å². The van der Waals surface area contributed by atoms with Crippen LogP contribution in [0.1, 0.15) is 23.1 Å². The summed E-state index contributed by atoms with van der Waals surface area (Å²) in [7, 11) is -3.78. The fourth-order valence-electron chi connectivity index (χ4n) is 3.36. The molecule has 2 aliphatic rings. The van der Waals surface area contributed by atoms with E-state index in [1.165, 1.54) is 0 Å². The number of halogens is 1. The summed E-state index contributed by atoms with van der Waals surface area (Å²) in [5.74, 6) is 0.600. The molecule has 138 valence electrons. The van der Waals surface area contributed by atoms with Crippen molar-refractivity contribution in [3.8, 4) is 11.1 Å². The van der Waals surface area contributed by atoms with E-state index in [0.29, 0.717) is 31.7 Å². The van der Waals surface area contributed by atoms with Crippen molar-refractivity contribution in [3.63, 3.8) is 0 Å². The third-order valence-corrected chi connectivity index (χ3v) is 4.92. The van der Waals surface area contributed by atoms with E-state index in [0.717, 1.165) is 27.8 Å². The molecule has 3 heterocycles. The Morgan fingerprint density at radius 2 is 1.92 bits per heavy atom. The number of carbonyl (C=O) groups excluding carboxylic acids is 1. The molecule has 0 saturated heterocycles. The number of nitrogens with two attached hydrogens (primary N) is 1. The van der Waals surface area contributed by atoms with Crippen LogP contribution in [-0.2, 0) is 34.5 Å². The van der Waals surface area contributed by atoms with Crippen molar-refractivity contribution >= 4 is 34.3 Å². The first-order valence-corrected chi connectivity index (χ1v) is 9.39. The van der Waals surface area contributed by atoms with Crippen LogP contribution in [0.2, 0.25) is 0 Å². The second-order valence-electron chi connectivity index (χ2n) is 6.21. The topological polar surface area (TPSA) is 117 Å². The van der Waals surface area contributed by atoms with Crippen molar-refractivity contribution in [1.29, 1.82) is 0 Å². The average molecular weight is 396 g/mol. The fraction of sp³-hybridized carbons (Fsp3) is 0.250. The molecular formula is C16H18ClN5O3S. The van der Waals surface area contributed by atoms with E-state index in [4.69, 9.17) is 5.14 Å². The summed E-state index contributed by atoms with van der Waals surface area (Å²) in [6.07, 6.45) is 2.78. The molecule has 0 spiro atoms. The van der Waals surface area contributed by atoms with E-state index < -0.39 is 10.2 Å². The summed E-state index contributed by atoms with van der Waals surface area (Å²) < 4.78 is 22.4. The van der Waals surface area contributed by atoms with Crippen LogP contribution in [0.5, 0.6) is 0 Å². The Morgan fingerprint density at radius 3 is 2.69 bits per heavy atom. The monoisotopic (exact) mass is 395 g/mol. The lowest BCUT2D eigenvalue weighted by Gasteiger charge is -2.19. The van der Waals surface area contributed by atoms with Gasteiger partial charge in [-0.2, -0.15) is 8.42 Å². The van der Waals surface area contributed by atoms with Crippen molar-refractivity contribution in [3.05, 3.63) is 47.2 Å². The van der Waals surface area contributed by atoms with Crippen LogP contribution < -0.4 is 15.3 Å². The summed E-state index contributed by atoms with van der Waals surface area (Å²) in [4.78, 5) is 18.1. The smallest absolute Gasteiger partial charge is 0.287 e. The SMILES string of the molecule is Cl.NS(=O)(=O)NN1Cc2ccc(-c3ccnc4c3CCC(=O)N4)cc2C1. The third kappa shape index (κ3) is 3.71. The van der Waals surface area contributed by atoms with Crippen LogP contribution >= 0.6 is 12.4 Å². The molecule has 10 heteroatoms. The van der Waals surface area contributed by atoms with Gasteiger partial charge in [-0.3, -0.25) is 4.79 Å². The standard InChI is InChI=1S/C16H17N5O3S.ClH/c17-25(23,24)20-21-8-11-2-1-10(7-12(11)9-21)13-5-6-18-16-14(13)3-4-15(22)19-16;/h1-2,5-7,20H,3-4,8-9H2,(H2,17,23,24)(H,18,19,22);1H. The van der Waals surface area contributed by atoms with E-state index in [1.54, 1.807) is 11.2 Å². The molecule has 1 aromatic carbocycles. The van der Waals surface area contributed by atoms with E-state index in [-0.39, 0.29) is 18.3 Å². The lowest BCUT2D eigenvalue weighted by molar-refractivity contribution is -0.116. The zero-order valence-corrected chi connectivity index (χ0v) is 15.4. The highest BCUT2D eigenvalue weighted by Crippen LogP contribution is 2.33. The molecule has 0 bridgehead atoms. The number of anilines is 1. The molecule has 1 aromatic heterocycles. The predicted molar refractivity (Wildman–Crippen MR) is 99.4 cm³/mol. The number of nitrogens with zero attached hydrogens (tertiary/aromatic N) is 2. The first-order valence-electron chi connectivity index (χ1n) is 7.84. The van der Waals surface area contributed by atoms with Crippen molar-refractivity contribution in [2.24, 2.45) is 5.14 Å². The van der Waals surface area contributed by atoms with Gasteiger partial charge in [0.15, 0.2) is 0 Å². The highest BCUT2D eigenvalue weighted by atomic mass is 35.5. The number of hydrogen-bond acceptors (Lipinski definition) is 5. The maximum Gasteiger partial charge on any atom is 0.287 e. The second-order valence-corrected chi connectivity index (χ2v) is 7.48. The van der Waals surface area contributed by atoms with E-state index in [1.807, 2.05) is 24.3 Å². The number of hydrazine groups is 1. The molecule has 1 amide bonds. The highest BCUT2D eigenvalue weighted by Gasteiger charge is 2.24. The first-order chi connectivity index (χ1) is 11.9. The number of fused-ring (bicyclic) bond motifs is 2. The highest BCUT2D eigenvalue weighted by molar-refractivity contribution is 7.87. The van der Waals surface area contributed by atoms with Crippen LogP contribution in [0.4, 0.5) is 5.82 Å². The zero-order chi connectivity index (χ0) is 17.6. The molecule has 0 unspecified atom stereocenters. The molecule has 2 aliphatic heterocycles. The molecule has 4 N–H and O–H groups in total. The normalized spacial score (nSPS) is 16.4. The number of hydrogen-bond donors (Lipinski definition) is 3. The van der Waals surface area contributed by atoms with E-state index >= 15 is 0 Å². The molecule has 2 aromatic rings. The molecule has 0 atom stereocenters. The van der Waals surface area contributed by atoms with Crippen LogP contribution in [0.3, 0.4) is 0 Å². The molecule has 0 fully saturated rings.